The van der Waals surface area contributed by atoms with Gasteiger partial charge in [-0.15, -0.1) is 0 Å². The molecule has 3 nitrogen and oxygen atoms in total. The van der Waals surface area contributed by atoms with Crippen LogP contribution in [0.25, 0.3) is 0 Å². The van der Waals surface area contributed by atoms with Crippen molar-refractivity contribution in [2.45, 2.75) is 12.8 Å². The van der Waals surface area contributed by atoms with Crippen LogP contribution in [0.3, 0.4) is 0 Å². The normalized spacial score (nSPS) is 20.3. The molecule has 1 saturated heterocycles. The van der Waals surface area contributed by atoms with Gasteiger partial charge in [0.1, 0.15) is 0 Å². The van der Waals surface area contributed by atoms with Crippen molar-refractivity contribution in [2.75, 3.05) is 31.1 Å². The molecule has 1 aliphatic heterocycles. The molecule has 1 fully saturated rings. The van der Waals surface area contributed by atoms with E-state index in [1.807, 2.05) is 0 Å². The average molecular weight is 220 g/mol. The molecule has 1 heterocycles. The van der Waals surface area contributed by atoms with Gasteiger partial charge in [-0.2, -0.15) is 0 Å². The number of hydrogen-bond acceptors (Lipinski definition) is 3. The molecular formula is C8H16N2OS2. The molecule has 1 rings (SSSR count). The molecular weight excluding hydrogens is 204 g/mol. The van der Waals surface area contributed by atoms with E-state index in [9.17, 15) is 4.21 Å². The number of thiocarbonyl (C=S) groups is 1. The topological polar surface area (TPSA) is 46.3 Å². The molecule has 5 heteroatoms. The Bertz CT molecular complexity index is 198. The van der Waals surface area contributed by atoms with Crippen molar-refractivity contribution in [3.8, 4) is 0 Å². The Labute approximate surface area is 87.1 Å². The van der Waals surface area contributed by atoms with Crippen LogP contribution in [-0.2, 0) is 10.8 Å². The summed E-state index contributed by atoms with van der Waals surface area (Å²) in [4.78, 5) is 2.93. The Morgan fingerprint density at radius 2 is 2.08 bits per heavy atom. The SMILES string of the molecule is NC(=S)CCCN1CCS(=O)CC1. The van der Waals surface area contributed by atoms with E-state index < -0.39 is 10.8 Å². The fourth-order valence-electron chi connectivity index (χ4n) is 1.38. The third-order valence-electron chi connectivity index (χ3n) is 2.17. The lowest BCUT2D eigenvalue weighted by Crippen LogP contribution is -2.38. The second-order valence-corrected chi connectivity index (χ2v) is 5.48. The van der Waals surface area contributed by atoms with Crippen LogP contribution in [0.5, 0.6) is 0 Å². The number of rotatable bonds is 4. The third kappa shape index (κ3) is 4.69. The molecule has 0 aromatic carbocycles. The summed E-state index contributed by atoms with van der Waals surface area (Å²) < 4.78 is 11.0. The molecule has 0 atom stereocenters. The van der Waals surface area contributed by atoms with Crippen molar-refractivity contribution in [3.63, 3.8) is 0 Å². The zero-order chi connectivity index (χ0) is 9.68. The van der Waals surface area contributed by atoms with Crippen LogP contribution >= 0.6 is 12.2 Å². The molecule has 0 unspecified atom stereocenters. The van der Waals surface area contributed by atoms with Gasteiger partial charge in [-0.05, 0) is 19.4 Å². The lowest BCUT2D eigenvalue weighted by atomic mass is 10.3. The Morgan fingerprint density at radius 1 is 1.46 bits per heavy atom. The van der Waals surface area contributed by atoms with Gasteiger partial charge in [-0.1, -0.05) is 12.2 Å². The predicted molar refractivity (Wildman–Crippen MR) is 60.3 cm³/mol. The highest BCUT2D eigenvalue weighted by atomic mass is 32.2. The molecule has 0 radical (unpaired) electrons. The Kier molecular flexibility index (Phi) is 4.83. The summed E-state index contributed by atoms with van der Waals surface area (Å²) in [7, 11) is -0.567. The molecule has 76 valence electrons. The first-order valence-corrected chi connectivity index (χ1v) is 6.44. The molecule has 0 aromatic rings. The summed E-state index contributed by atoms with van der Waals surface area (Å²) in [6.45, 7) is 2.96. The third-order valence-corrected chi connectivity index (χ3v) is 3.65. The van der Waals surface area contributed by atoms with Crippen molar-refractivity contribution >= 4 is 28.0 Å². The van der Waals surface area contributed by atoms with Crippen molar-refractivity contribution in [3.05, 3.63) is 0 Å². The molecule has 0 aliphatic carbocycles. The summed E-state index contributed by atoms with van der Waals surface area (Å²) in [5, 5.41) is 0. The van der Waals surface area contributed by atoms with Gasteiger partial charge in [-0.3, -0.25) is 4.21 Å². The van der Waals surface area contributed by atoms with Gasteiger partial charge in [0.2, 0.25) is 0 Å². The van der Waals surface area contributed by atoms with Crippen molar-refractivity contribution in [2.24, 2.45) is 5.73 Å². The van der Waals surface area contributed by atoms with Gasteiger partial charge >= 0.3 is 0 Å². The van der Waals surface area contributed by atoms with Crippen LogP contribution in [0, 0.1) is 0 Å². The smallest absolute Gasteiger partial charge is 0.0727 e. The largest absolute Gasteiger partial charge is 0.393 e. The Morgan fingerprint density at radius 3 is 2.62 bits per heavy atom. The molecule has 0 spiro atoms. The fourth-order valence-corrected chi connectivity index (χ4v) is 2.65. The zero-order valence-electron chi connectivity index (χ0n) is 7.70. The lowest BCUT2D eigenvalue weighted by Gasteiger charge is -2.25. The van der Waals surface area contributed by atoms with E-state index in [1.165, 1.54) is 0 Å². The molecule has 13 heavy (non-hydrogen) atoms. The summed E-state index contributed by atoms with van der Waals surface area (Å²) in [5.74, 6) is 1.65. The van der Waals surface area contributed by atoms with Crippen LogP contribution in [0.15, 0.2) is 0 Å². The summed E-state index contributed by atoms with van der Waals surface area (Å²) in [5.41, 5.74) is 5.39. The second kappa shape index (κ2) is 5.67. The van der Waals surface area contributed by atoms with Crippen molar-refractivity contribution in [1.29, 1.82) is 0 Å². The van der Waals surface area contributed by atoms with Crippen LogP contribution in [0.4, 0.5) is 0 Å². The standard InChI is InChI=1S/C8H16N2OS2/c9-8(12)2-1-3-10-4-6-13(11)7-5-10/h1-7H2,(H2,9,12). The highest BCUT2D eigenvalue weighted by Crippen LogP contribution is 2.02. The zero-order valence-corrected chi connectivity index (χ0v) is 9.33. The van der Waals surface area contributed by atoms with E-state index in [1.54, 1.807) is 0 Å². The quantitative estimate of drug-likeness (QED) is 0.684. The minimum Gasteiger partial charge on any atom is -0.393 e. The predicted octanol–water partition coefficient (Wildman–Crippen LogP) is 0.117. The molecule has 0 saturated carbocycles. The average Bonchev–Trinajstić information content (AvgIpc) is 2.08. The van der Waals surface area contributed by atoms with Crippen molar-refractivity contribution < 1.29 is 4.21 Å². The van der Waals surface area contributed by atoms with Crippen LogP contribution in [0.1, 0.15) is 12.8 Å². The number of nitrogens with zero attached hydrogens (tertiary/aromatic N) is 1. The maximum atomic E-state index is 11.0. The van der Waals surface area contributed by atoms with E-state index in [0.717, 1.165) is 44.0 Å². The van der Waals surface area contributed by atoms with Gasteiger partial charge in [-0.25, -0.2) is 0 Å². The fraction of sp³-hybridized carbons (Fsp3) is 0.875. The van der Waals surface area contributed by atoms with E-state index >= 15 is 0 Å². The van der Waals surface area contributed by atoms with Crippen LogP contribution in [0.2, 0.25) is 0 Å². The first-order chi connectivity index (χ1) is 6.18. The molecule has 0 bridgehead atoms. The Hall–Kier alpha value is -0.0000000000000000555. The number of hydrogen-bond donors (Lipinski definition) is 1. The monoisotopic (exact) mass is 220 g/mol. The number of nitrogens with two attached hydrogens (primary N) is 1. The van der Waals surface area contributed by atoms with E-state index in [-0.39, 0.29) is 0 Å². The van der Waals surface area contributed by atoms with E-state index in [0.29, 0.717) is 4.99 Å². The van der Waals surface area contributed by atoms with Gasteiger partial charge in [0.25, 0.3) is 0 Å². The lowest BCUT2D eigenvalue weighted by molar-refractivity contribution is 0.297. The highest BCUT2D eigenvalue weighted by Gasteiger charge is 2.13. The maximum absolute atomic E-state index is 11.0. The highest BCUT2D eigenvalue weighted by molar-refractivity contribution is 7.85. The second-order valence-electron chi connectivity index (χ2n) is 3.26. The minimum atomic E-state index is -0.567. The first-order valence-electron chi connectivity index (χ1n) is 4.54. The van der Waals surface area contributed by atoms with Crippen molar-refractivity contribution in [1.82, 2.24) is 4.90 Å². The molecule has 2 N–H and O–H groups in total. The molecule has 0 amide bonds. The van der Waals surface area contributed by atoms with Crippen LogP contribution in [-0.4, -0.2) is 45.2 Å². The van der Waals surface area contributed by atoms with Crippen LogP contribution < -0.4 is 5.73 Å². The van der Waals surface area contributed by atoms with Gasteiger partial charge in [0.15, 0.2) is 0 Å². The van der Waals surface area contributed by atoms with Gasteiger partial charge in [0.05, 0.1) is 4.99 Å². The van der Waals surface area contributed by atoms with E-state index in [4.69, 9.17) is 18.0 Å². The molecule has 0 aromatic heterocycles. The maximum Gasteiger partial charge on any atom is 0.0727 e. The minimum absolute atomic E-state index is 0.567. The van der Waals surface area contributed by atoms with Gasteiger partial charge < -0.3 is 10.6 Å². The van der Waals surface area contributed by atoms with E-state index in [2.05, 4.69) is 4.90 Å². The summed E-state index contributed by atoms with van der Waals surface area (Å²) in [6, 6.07) is 0. The van der Waals surface area contributed by atoms with Gasteiger partial charge in [0, 0.05) is 35.4 Å². The summed E-state index contributed by atoms with van der Waals surface area (Å²) in [6.07, 6.45) is 1.86. The first kappa shape index (κ1) is 11.1. The summed E-state index contributed by atoms with van der Waals surface area (Å²) >= 11 is 4.79. The molecule has 1 aliphatic rings. The Balaban J connectivity index is 2.09.